The van der Waals surface area contributed by atoms with Crippen molar-refractivity contribution in [2.45, 2.75) is 13.8 Å². The third-order valence-corrected chi connectivity index (χ3v) is 3.92. The Morgan fingerprint density at radius 1 is 0.862 bits per heavy atom. The molecule has 0 unspecified atom stereocenters. The molecule has 0 bridgehead atoms. The predicted molar refractivity (Wildman–Crippen MR) is 113 cm³/mol. The molecular formula is C23H22N2O4. The maximum absolute atomic E-state index is 12.2. The van der Waals surface area contributed by atoms with Gasteiger partial charge in [0.05, 0.1) is 5.69 Å². The summed E-state index contributed by atoms with van der Waals surface area (Å²) in [5.74, 6) is 1.34. The fraction of sp³-hybridized carbons (Fsp3) is 0.130. The molecule has 6 nitrogen and oxygen atoms in total. The summed E-state index contributed by atoms with van der Waals surface area (Å²) in [6, 6.07) is 21.9. The number of para-hydroxylation sites is 1. The van der Waals surface area contributed by atoms with Crippen molar-refractivity contribution in [1.29, 1.82) is 0 Å². The predicted octanol–water partition coefficient (Wildman–Crippen LogP) is 4.76. The highest BCUT2D eigenvalue weighted by atomic mass is 16.5. The van der Waals surface area contributed by atoms with E-state index < -0.39 is 0 Å². The average molecular weight is 390 g/mol. The molecule has 0 heterocycles. The normalized spacial score (nSPS) is 10.1. The summed E-state index contributed by atoms with van der Waals surface area (Å²) in [6.07, 6.45) is 0. The number of hydrogen-bond acceptors (Lipinski definition) is 4. The van der Waals surface area contributed by atoms with Gasteiger partial charge in [-0.25, -0.2) is 0 Å². The van der Waals surface area contributed by atoms with Crippen molar-refractivity contribution in [2.75, 3.05) is 17.2 Å². The molecule has 3 aromatic carbocycles. The van der Waals surface area contributed by atoms with Crippen LogP contribution in [0.15, 0.2) is 72.8 Å². The smallest absolute Gasteiger partial charge is 0.262 e. The monoisotopic (exact) mass is 390 g/mol. The number of ether oxygens (including phenoxy) is 2. The zero-order chi connectivity index (χ0) is 20.6. The van der Waals surface area contributed by atoms with Gasteiger partial charge in [0, 0.05) is 12.6 Å². The molecule has 0 saturated heterocycles. The topological polar surface area (TPSA) is 76.7 Å². The van der Waals surface area contributed by atoms with Crippen LogP contribution in [-0.4, -0.2) is 18.4 Å². The zero-order valence-electron chi connectivity index (χ0n) is 16.3. The van der Waals surface area contributed by atoms with E-state index in [9.17, 15) is 9.59 Å². The number of aryl methyl sites for hydroxylation is 1. The van der Waals surface area contributed by atoms with Crippen molar-refractivity contribution in [2.24, 2.45) is 0 Å². The van der Waals surface area contributed by atoms with Crippen molar-refractivity contribution in [3.63, 3.8) is 0 Å². The SMILES string of the molecule is CC(=O)Nc1ccc(C)cc1OCC(=O)Nc1ccc(Oc2ccccc2)cc1. The number of anilines is 2. The summed E-state index contributed by atoms with van der Waals surface area (Å²) in [7, 11) is 0. The van der Waals surface area contributed by atoms with Crippen LogP contribution in [0.4, 0.5) is 11.4 Å². The van der Waals surface area contributed by atoms with Crippen LogP contribution in [0.5, 0.6) is 17.2 Å². The van der Waals surface area contributed by atoms with Crippen LogP contribution in [0, 0.1) is 6.92 Å². The molecule has 0 aliphatic carbocycles. The Balaban J connectivity index is 1.56. The third kappa shape index (κ3) is 6.10. The fourth-order valence-corrected chi connectivity index (χ4v) is 2.61. The molecule has 0 spiro atoms. The quantitative estimate of drug-likeness (QED) is 0.610. The first-order valence-electron chi connectivity index (χ1n) is 9.13. The Bertz CT molecular complexity index is 986. The molecular weight excluding hydrogens is 368 g/mol. The third-order valence-electron chi connectivity index (χ3n) is 3.92. The Labute approximate surface area is 169 Å². The van der Waals surface area contributed by atoms with Crippen LogP contribution in [0.3, 0.4) is 0 Å². The Kier molecular flexibility index (Phi) is 6.47. The van der Waals surface area contributed by atoms with Crippen molar-refractivity contribution in [3.8, 4) is 17.2 Å². The van der Waals surface area contributed by atoms with E-state index in [2.05, 4.69) is 10.6 Å². The lowest BCUT2D eigenvalue weighted by Crippen LogP contribution is -2.20. The van der Waals surface area contributed by atoms with Crippen molar-refractivity contribution in [3.05, 3.63) is 78.4 Å². The highest BCUT2D eigenvalue weighted by Gasteiger charge is 2.09. The molecule has 2 N–H and O–H groups in total. The van der Waals surface area contributed by atoms with Gasteiger partial charge in [0.1, 0.15) is 17.2 Å². The average Bonchev–Trinajstić information content (AvgIpc) is 2.70. The summed E-state index contributed by atoms with van der Waals surface area (Å²) >= 11 is 0. The van der Waals surface area contributed by atoms with Crippen LogP contribution < -0.4 is 20.1 Å². The molecule has 0 saturated carbocycles. The van der Waals surface area contributed by atoms with Crippen LogP contribution in [-0.2, 0) is 9.59 Å². The number of hydrogen-bond donors (Lipinski definition) is 2. The lowest BCUT2D eigenvalue weighted by Gasteiger charge is -2.13. The first kappa shape index (κ1) is 19.9. The van der Waals surface area contributed by atoms with Gasteiger partial charge in [-0.1, -0.05) is 24.3 Å². The Morgan fingerprint density at radius 2 is 1.55 bits per heavy atom. The van der Waals surface area contributed by atoms with Crippen LogP contribution in [0.25, 0.3) is 0 Å². The van der Waals surface area contributed by atoms with Gasteiger partial charge in [-0.05, 0) is 61.0 Å². The van der Waals surface area contributed by atoms with Gasteiger partial charge in [0.15, 0.2) is 6.61 Å². The summed E-state index contributed by atoms with van der Waals surface area (Å²) in [6.45, 7) is 3.14. The van der Waals surface area contributed by atoms with E-state index in [1.54, 1.807) is 36.4 Å². The molecule has 0 fully saturated rings. The molecule has 0 radical (unpaired) electrons. The van der Waals surface area contributed by atoms with Gasteiger partial charge in [-0.15, -0.1) is 0 Å². The van der Waals surface area contributed by atoms with Gasteiger partial charge in [-0.2, -0.15) is 0 Å². The van der Waals surface area contributed by atoms with E-state index in [1.165, 1.54) is 6.92 Å². The summed E-state index contributed by atoms with van der Waals surface area (Å²) in [4.78, 5) is 23.5. The maximum atomic E-state index is 12.2. The van der Waals surface area contributed by atoms with E-state index in [1.807, 2.05) is 43.3 Å². The molecule has 148 valence electrons. The van der Waals surface area contributed by atoms with Gasteiger partial charge < -0.3 is 20.1 Å². The zero-order valence-corrected chi connectivity index (χ0v) is 16.3. The van der Waals surface area contributed by atoms with Crippen molar-refractivity contribution < 1.29 is 19.1 Å². The second kappa shape index (κ2) is 9.41. The van der Waals surface area contributed by atoms with E-state index in [0.717, 1.165) is 11.3 Å². The number of carbonyl (C=O) groups is 2. The first-order valence-corrected chi connectivity index (χ1v) is 9.13. The Hall–Kier alpha value is -3.80. The first-order chi connectivity index (χ1) is 14.0. The molecule has 6 heteroatoms. The molecule has 3 rings (SSSR count). The van der Waals surface area contributed by atoms with E-state index in [4.69, 9.17) is 9.47 Å². The number of carbonyl (C=O) groups excluding carboxylic acids is 2. The lowest BCUT2D eigenvalue weighted by molar-refractivity contribution is -0.118. The largest absolute Gasteiger partial charge is 0.482 e. The van der Waals surface area contributed by atoms with Gasteiger partial charge in [0.2, 0.25) is 5.91 Å². The molecule has 29 heavy (non-hydrogen) atoms. The van der Waals surface area contributed by atoms with E-state index in [-0.39, 0.29) is 18.4 Å². The minimum atomic E-state index is -0.308. The van der Waals surface area contributed by atoms with Crippen LogP contribution in [0.2, 0.25) is 0 Å². The molecule has 0 aliphatic rings. The highest BCUT2D eigenvalue weighted by molar-refractivity contribution is 5.93. The number of rotatable bonds is 7. The maximum Gasteiger partial charge on any atom is 0.262 e. The summed E-state index contributed by atoms with van der Waals surface area (Å²) in [5.41, 5.74) is 2.12. The number of nitrogens with one attached hydrogen (secondary N) is 2. The summed E-state index contributed by atoms with van der Waals surface area (Å²) in [5, 5.41) is 5.46. The van der Waals surface area contributed by atoms with Crippen molar-refractivity contribution in [1.82, 2.24) is 0 Å². The van der Waals surface area contributed by atoms with Gasteiger partial charge in [-0.3, -0.25) is 9.59 Å². The molecule has 2 amide bonds. The number of amides is 2. The molecule has 0 aromatic heterocycles. The lowest BCUT2D eigenvalue weighted by atomic mass is 10.2. The number of benzene rings is 3. The van der Waals surface area contributed by atoms with E-state index in [0.29, 0.717) is 22.9 Å². The summed E-state index contributed by atoms with van der Waals surface area (Å²) < 4.78 is 11.3. The van der Waals surface area contributed by atoms with Crippen LogP contribution in [0.1, 0.15) is 12.5 Å². The second-order valence-corrected chi connectivity index (χ2v) is 6.46. The van der Waals surface area contributed by atoms with Crippen LogP contribution >= 0.6 is 0 Å². The van der Waals surface area contributed by atoms with Crippen molar-refractivity contribution >= 4 is 23.2 Å². The minimum absolute atomic E-state index is 0.182. The second-order valence-electron chi connectivity index (χ2n) is 6.46. The standard InChI is InChI=1S/C23H22N2O4/c1-16-8-13-21(24-17(2)26)22(14-16)28-15-23(27)25-18-9-11-20(12-10-18)29-19-6-4-3-5-7-19/h3-14H,15H2,1-2H3,(H,24,26)(H,25,27). The van der Waals surface area contributed by atoms with Gasteiger partial charge >= 0.3 is 0 Å². The molecule has 0 aliphatic heterocycles. The fourth-order valence-electron chi connectivity index (χ4n) is 2.61. The van der Waals surface area contributed by atoms with Gasteiger partial charge in [0.25, 0.3) is 5.91 Å². The molecule has 3 aromatic rings. The highest BCUT2D eigenvalue weighted by Crippen LogP contribution is 2.26. The minimum Gasteiger partial charge on any atom is -0.482 e. The Morgan fingerprint density at radius 3 is 2.24 bits per heavy atom. The molecule has 0 atom stereocenters. The van der Waals surface area contributed by atoms with E-state index >= 15 is 0 Å².